The van der Waals surface area contributed by atoms with Gasteiger partial charge in [0.2, 0.25) is 5.91 Å². The molecule has 0 saturated carbocycles. The molecule has 6 heteroatoms. The van der Waals surface area contributed by atoms with E-state index in [-0.39, 0.29) is 24.1 Å². The average molecular weight is 385 g/mol. The molecule has 1 aromatic heterocycles. The summed E-state index contributed by atoms with van der Waals surface area (Å²) in [6, 6.07) is 10.8. The summed E-state index contributed by atoms with van der Waals surface area (Å²) in [6.07, 6.45) is 0. The molecule has 3 rings (SSSR count). The highest BCUT2D eigenvalue weighted by molar-refractivity contribution is 6.31. The monoisotopic (exact) mass is 384 g/mol. The van der Waals surface area contributed by atoms with Crippen molar-refractivity contribution in [1.29, 1.82) is 0 Å². The number of furan rings is 1. The summed E-state index contributed by atoms with van der Waals surface area (Å²) in [7, 11) is 1.57. The van der Waals surface area contributed by atoms with Gasteiger partial charge in [-0.15, -0.1) is 0 Å². The molecule has 0 bridgehead atoms. The highest BCUT2D eigenvalue weighted by Crippen LogP contribution is 2.24. The number of amides is 2. The second kappa shape index (κ2) is 7.45. The van der Waals surface area contributed by atoms with Crippen molar-refractivity contribution in [2.24, 2.45) is 0 Å². The number of nitrogens with zero attached hydrogens (tertiary/aromatic N) is 1. The number of fused-ring (bicyclic) bond motifs is 1. The Morgan fingerprint density at radius 3 is 2.41 bits per heavy atom. The molecule has 27 heavy (non-hydrogen) atoms. The van der Waals surface area contributed by atoms with Crippen LogP contribution in [0.5, 0.6) is 0 Å². The second-order valence-corrected chi connectivity index (χ2v) is 7.21. The SMILES string of the molecule is Cc1cc(C)c(NC(=O)CN(C)C(=O)c2cc3cc(Cl)ccc3o2)c(C)c1. The topological polar surface area (TPSA) is 62.6 Å². The van der Waals surface area contributed by atoms with Crippen LogP contribution < -0.4 is 5.32 Å². The molecule has 0 radical (unpaired) electrons. The van der Waals surface area contributed by atoms with Gasteiger partial charge in [0.1, 0.15) is 5.58 Å². The van der Waals surface area contributed by atoms with Crippen LogP contribution >= 0.6 is 11.6 Å². The lowest BCUT2D eigenvalue weighted by Crippen LogP contribution is -2.35. The minimum absolute atomic E-state index is 0.0800. The van der Waals surface area contributed by atoms with E-state index in [9.17, 15) is 9.59 Å². The molecular formula is C21H21ClN2O3. The van der Waals surface area contributed by atoms with Gasteiger partial charge in [0.05, 0.1) is 6.54 Å². The van der Waals surface area contributed by atoms with E-state index in [0.29, 0.717) is 10.6 Å². The molecule has 5 nitrogen and oxygen atoms in total. The molecule has 0 unspecified atom stereocenters. The lowest BCUT2D eigenvalue weighted by molar-refractivity contribution is -0.116. The van der Waals surface area contributed by atoms with Gasteiger partial charge >= 0.3 is 0 Å². The van der Waals surface area contributed by atoms with Crippen LogP contribution in [0.1, 0.15) is 27.2 Å². The van der Waals surface area contributed by atoms with E-state index in [4.69, 9.17) is 16.0 Å². The van der Waals surface area contributed by atoms with E-state index in [1.165, 1.54) is 4.90 Å². The van der Waals surface area contributed by atoms with E-state index < -0.39 is 0 Å². The van der Waals surface area contributed by atoms with Crippen molar-refractivity contribution in [2.45, 2.75) is 20.8 Å². The number of halogens is 1. The zero-order valence-electron chi connectivity index (χ0n) is 15.7. The molecule has 1 N–H and O–H groups in total. The first-order valence-electron chi connectivity index (χ1n) is 8.57. The number of rotatable bonds is 4. The molecule has 2 aromatic carbocycles. The van der Waals surface area contributed by atoms with Gasteiger partial charge in [-0.25, -0.2) is 0 Å². The minimum atomic E-state index is -0.366. The van der Waals surface area contributed by atoms with Crippen LogP contribution in [0, 0.1) is 20.8 Å². The summed E-state index contributed by atoms with van der Waals surface area (Å²) in [6.45, 7) is 5.83. The minimum Gasteiger partial charge on any atom is -0.451 e. The Kier molecular flexibility index (Phi) is 5.24. The zero-order chi connectivity index (χ0) is 19.7. The third kappa shape index (κ3) is 4.14. The fraction of sp³-hybridized carbons (Fsp3) is 0.238. The van der Waals surface area contributed by atoms with Crippen molar-refractivity contribution in [1.82, 2.24) is 4.90 Å². The molecule has 1 heterocycles. The number of anilines is 1. The van der Waals surface area contributed by atoms with Crippen LogP contribution in [-0.4, -0.2) is 30.3 Å². The van der Waals surface area contributed by atoms with Crippen LogP contribution in [0.15, 0.2) is 40.8 Å². The lowest BCUT2D eigenvalue weighted by Gasteiger charge is -2.17. The Morgan fingerprint density at radius 1 is 1.07 bits per heavy atom. The largest absolute Gasteiger partial charge is 0.451 e. The maximum atomic E-state index is 12.6. The number of carbonyl (C=O) groups excluding carboxylic acids is 2. The van der Waals surface area contributed by atoms with Crippen LogP contribution in [-0.2, 0) is 4.79 Å². The van der Waals surface area contributed by atoms with E-state index >= 15 is 0 Å². The predicted molar refractivity (Wildman–Crippen MR) is 107 cm³/mol. The molecule has 0 fully saturated rings. The summed E-state index contributed by atoms with van der Waals surface area (Å²) in [5.41, 5.74) is 4.48. The van der Waals surface area contributed by atoms with E-state index in [1.807, 2.05) is 32.9 Å². The van der Waals surface area contributed by atoms with Gasteiger partial charge in [0.15, 0.2) is 5.76 Å². The second-order valence-electron chi connectivity index (χ2n) is 6.78. The third-order valence-electron chi connectivity index (χ3n) is 4.36. The fourth-order valence-electron chi connectivity index (χ4n) is 3.15. The number of likely N-dealkylation sites (N-methyl/N-ethyl adjacent to an activating group) is 1. The standard InChI is InChI=1S/C21H21ClN2O3/c1-12-7-13(2)20(14(3)8-12)23-19(25)11-24(4)21(26)18-10-15-9-16(22)5-6-17(15)27-18/h5-10H,11H2,1-4H3,(H,23,25). The Morgan fingerprint density at radius 2 is 1.74 bits per heavy atom. The van der Waals surface area contributed by atoms with E-state index in [0.717, 1.165) is 27.8 Å². The van der Waals surface area contributed by atoms with Crippen molar-refractivity contribution in [3.05, 3.63) is 63.9 Å². The van der Waals surface area contributed by atoms with Gasteiger partial charge in [0.25, 0.3) is 5.91 Å². The van der Waals surface area contributed by atoms with Crippen molar-refractivity contribution in [3.63, 3.8) is 0 Å². The molecule has 0 aliphatic rings. The van der Waals surface area contributed by atoms with Gasteiger partial charge < -0.3 is 14.6 Å². The van der Waals surface area contributed by atoms with Gasteiger partial charge in [-0.1, -0.05) is 29.3 Å². The summed E-state index contributed by atoms with van der Waals surface area (Å²) < 4.78 is 5.58. The average Bonchev–Trinajstić information content (AvgIpc) is 3.00. The van der Waals surface area contributed by atoms with Crippen LogP contribution in [0.3, 0.4) is 0 Å². The predicted octanol–water partition coefficient (Wildman–Crippen LogP) is 4.72. The van der Waals surface area contributed by atoms with Crippen LogP contribution in [0.25, 0.3) is 11.0 Å². The highest BCUT2D eigenvalue weighted by atomic mass is 35.5. The Labute approximate surface area is 162 Å². The number of aryl methyl sites for hydroxylation is 3. The maximum Gasteiger partial charge on any atom is 0.289 e. The number of nitrogens with one attached hydrogen (secondary N) is 1. The molecule has 140 valence electrons. The van der Waals surface area contributed by atoms with Crippen molar-refractivity contribution >= 4 is 40.1 Å². The molecule has 0 spiro atoms. The molecule has 0 saturated heterocycles. The molecular weight excluding hydrogens is 364 g/mol. The lowest BCUT2D eigenvalue weighted by atomic mass is 10.1. The number of benzene rings is 2. The zero-order valence-corrected chi connectivity index (χ0v) is 16.5. The molecule has 0 atom stereocenters. The van der Waals surface area contributed by atoms with E-state index in [2.05, 4.69) is 5.32 Å². The quantitative estimate of drug-likeness (QED) is 0.707. The summed E-state index contributed by atoms with van der Waals surface area (Å²) in [5, 5.41) is 4.21. The Bertz CT molecular complexity index is 1020. The highest BCUT2D eigenvalue weighted by Gasteiger charge is 2.20. The molecule has 0 aliphatic heterocycles. The summed E-state index contributed by atoms with van der Waals surface area (Å²) in [5.74, 6) is -0.458. The first-order valence-corrected chi connectivity index (χ1v) is 8.94. The molecule has 3 aromatic rings. The number of carbonyl (C=O) groups is 2. The third-order valence-corrected chi connectivity index (χ3v) is 4.59. The fourth-order valence-corrected chi connectivity index (χ4v) is 3.33. The van der Waals surface area contributed by atoms with E-state index in [1.54, 1.807) is 31.3 Å². The first-order chi connectivity index (χ1) is 12.7. The van der Waals surface area contributed by atoms with Crippen LogP contribution in [0.4, 0.5) is 5.69 Å². The first kappa shape index (κ1) is 19.0. The van der Waals surface area contributed by atoms with Crippen molar-refractivity contribution < 1.29 is 14.0 Å². The Balaban J connectivity index is 1.71. The van der Waals surface area contributed by atoms with Gasteiger partial charge in [-0.2, -0.15) is 0 Å². The van der Waals surface area contributed by atoms with Gasteiger partial charge in [-0.3, -0.25) is 9.59 Å². The van der Waals surface area contributed by atoms with Crippen LogP contribution in [0.2, 0.25) is 5.02 Å². The number of hydrogen-bond donors (Lipinski definition) is 1. The Hall–Kier alpha value is -2.79. The summed E-state index contributed by atoms with van der Waals surface area (Å²) in [4.78, 5) is 26.3. The van der Waals surface area contributed by atoms with Crippen molar-refractivity contribution in [3.8, 4) is 0 Å². The van der Waals surface area contributed by atoms with Gasteiger partial charge in [-0.05, 0) is 56.2 Å². The molecule has 2 amide bonds. The molecule has 0 aliphatic carbocycles. The normalized spacial score (nSPS) is 10.9. The number of hydrogen-bond acceptors (Lipinski definition) is 3. The smallest absolute Gasteiger partial charge is 0.289 e. The maximum absolute atomic E-state index is 12.6. The van der Waals surface area contributed by atoms with Crippen molar-refractivity contribution in [2.75, 3.05) is 18.9 Å². The summed E-state index contributed by atoms with van der Waals surface area (Å²) >= 11 is 5.96. The van der Waals surface area contributed by atoms with Gasteiger partial charge in [0, 0.05) is 23.1 Å².